The Labute approximate surface area is 132 Å². The Hall–Kier alpha value is -2.53. The van der Waals surface area contributed by atoms with Crippen LogP contribution < -0.4 is 10.3 Å². The van der Waals surface area contributed by atoms with Gasteiger partial charge in [-0.15, -0.1) is 0 Å². The largest absolute Gasteiger partial charge is 0.507 e. The number of phenols is 1. The highest BCUT2D eigenvalue weighted by molar-refractivity contribution is 5.95. The van der Waals surface area contributed by atoms with Gasteiger partial charge in [0.25, 0.3) is 0 Å². The van der Waals surface area contributed by atoms with Gasteiger partial charge in [-0.05, 0) is 24.6 Å². The summed E-state index contributed by atoms with van der Waals surface area (Å²) in [6.07, 6.45) is 0. The minimum absolute atomic E-state index is 0.0415. The Kier molecular flexibility index (Phi) is 3.23. The van der Waals surface area contributed by atoms with Crippen LogP contribution in [0.2, 0.25) is 0 Å². The van der Waals surface area contributed by atoms with Gasteiger partial charge in [-0.1, -0.05) is 6.07 Å². The zero-order valence-electron chi connectivity index (χ0n) is 12.8. The number of rotatable bonds is 1. The third-order valence-electron chi connectivity index (χ3n) is 4.27. The van der Waals surface area contributed by atoms with Gasteiger partial charge in [0.05, 0.1) is 18.6 Å². The topological polar surface area (TPSA) is 62.9 Å². The van der Waals surface area contributed by atoms with Crippen molar-refractivity contribution in [2.24, 2.45) is 0 Å². The summed E-state index contributed by atoms with van der Waals surface area (Å²) in [6.45, 7) is 4.76. The molecule has 1 N–H and O–H groups in total. The molecule has 1 aromatic heterocycles. The van der Waals surface area contributed by atoms with Gasteiger partial charge in [-0.2, -0.15) is 0 Å². The van der Waals surface area contributed by atoms with Crippen molar-refractivity contribution >= 4 is 27.6 Å². The van der Waals surface area contributed by atoms with Crippen LogP contribution in [-0.2, 0) is 4.74 Å². The van der Waals surface area contributed by atoms with Crippen LogP contribution in [-0.4, -0.2) is 31.4 Å². The number of anilines is 1. The van der Waals surface area contributed by atoms with E-state index < -0.39 is 0 Å². The van der Waals surface area contributed by atoms with E-state index in [1.165, 1.54) is 0 Å². The average molecular weight is 311 g/mol. The van der Waals surface area contributed by atoms with Crippen molar-refractivity contribution in [3.63, 3.8) is 0 Å². The second kappa shape index (κ2) is 5.28. The van der Waals surface area contributed by atoms with Gasteiger partial charge >= 0.3 is 0 Å². The lowest BCUT2D eigenvalue weighted by Crippen LogP contribution is -2.36. The summed E-state index contributed by atoms with van der Waals surface area (Å²) in [5, 5.41) is 11.1. The van der Waals surface area contributed by atoms with Crippen molar-refractivity contribution in [3.05, 3.63) is 46.1 Å². The summed E-state index contributed by atoms with van der Waals surface area (Å²) in [6, 6.07) is 8.90. The Balaban J connectivity index is 1.97. The van der Waals surface area contributed by atoms with Gasteiger partial charge < -0.3 is 19.2 Å². The van der Waals surface area contributed by atoms with Crippen LogP contribution >= 0.6 is 0 Å². The SMILES string of the molecule is Cc1ccc2c(=O)c3c(O)cc(N4CCOCC4)cc3oc2c1. The maximum atomic E-state index is 12.7. The lowest BCUT2D eigenvalue weighted by molar-refractivity contribution is 0.122. The van der Waals surface area contributed by atoms with Crippen LogP contribution in [0.15, 0.2) is 39.5 Å². The molecule has 4 rings (SSSR count). The molecule has 0 aliphatic carbocycles. The highest BCUT2D eigenvalue weighted by atomic mass is 16.5. The van der Waals surface area contributed by atoms with E-state index in [9.17, 15) is 9.90 Å². The first-order valence-corrected chi connectivity index (χ1v) is 7.66. The Morgan fingerprint density at radius 1 is 1.09 bits per heavy atom. The molecule has 1 fully saturated rings. The minimum atomic E-state index is -0.202. The molecule has 118 valence electrons. The molecule has 1 aliphatic heterocycles. The van der Waals surface area contributed by atoms with Gasteiger partial charge in [0.1, 0.15) is 22.3 Å². The fourth-order valence-corrected chi connectivity index (χ4v) is 3.05. The number of aryl methyl sites for hydroxylation is 1. The van der Waals surface area contributed by atoms with Crippen LogP contribution in [0, 0.1) is 6.92 Å². The smallest absolute Gasteiger partial charge is 0.204 e. The molecular formula is C18H17NO4. The quantitative estimate of drug-likeness (QED) is 0.700. The number of nitrogens with zero attached hydrogens (tertiary/aromatic N) is 1. The first kappa shape index (κ1) is 14.1. The van der Waals surface area contributed by atoms with E-state index in [0.717, 1.165) is 24.3 Å². The summed E-state index contributed by atoms with van der Waals surface area (Å²) in [5.41, 5.74) is 2.62. The highest BCUT2D eigenvalue weighted by Crippen LogP contribution is 2.31. The van der Waals surface area contributed by atoms with Crippen molar-refractivity contribution < 1.29 is 14.3 Å². The third kappa shape index (κ3) is 2.33. The molecule has 5 nitrogen and oxygen atoms in total. The van der Waals surface area contributed by atoms with Gasteiger partial charge in [-0.3, -0.25) is 4.79 Å². The fourth-order valence-electron chi connectivity index (χ4n) is 3.05. The molecule has 0 atom stereocenters. The minimum Gasteiger partial charge on any atom is -0.507 e. The number of benzene rings is 2. The van der Waals surface area contributed by atoms with Crippen LogP contribution in [0.1, 0.15) is 5.56 Å². The second-order valence-corrected chi connectivity index (χ2v) is 5.87. The summed E-state index contributed by atoms with van der Waals surface area (Å²) in [7, 11) is 0. The Morgan fingerprint density at radius 3 is 2.65 bits per heavy atom. The molecule has 3 aromatic rings. The van der Waals surface area contributed by atoms with Crippen molar-refractivity contribution in [2.75, 3.05) is 31.2 Å². The first-order chi connectivity index (χ1) is 11.1. The van der Waals surface area contributed by atoms with Crippen molar-refractivity contribution in [1.82, 2.24) is 0 Å². The molecule has 1 aliphatic rings. The first-order valence-electron chi connectivity index (χ1n) is 7.66. The fraction of sp³-hybridized carbons (Fsp3) is 0.278. The molecule has 0 unspecified atom stereocenters. The van der Waals surface area contributed by atoms with Crippen molar-refractivity contribution in [1.29, 1.82) is 0 Å². The average Bonchev–Trinajstić information content (AvgIpc) is 2.55. The standard InChI is InChI=1S/C18H17NO4/c1-11-2-3-13-15(8-11)23-16-10-12(19-4-6-22-7-5-19)9-14(20)17(16)18(13)21/h2-3,8-10,20H,4-7H2,1H3. The monoisotopic (exact) mass is 311 g/mol. The van der Waals surface area contributed by atoms with Crippen molar-refractivity contribution in [3.8, 4) is 5.75 Å². The van der Waals surface area contributed by atoms with E-state index in [2.05, 4.69) is 4.90 Å². The van der Waals surface area contributed by atoms with E-state index >= 15 is 0 Å². The lowest BCUT2D eigenvalue weighted by Gasteiger charge is -2.29. The molecule has 2 heterocycles. The number of aromatic hydroxyl groups is 1. The summed E-state index contributed by atoms with van der Waals surface area (Å²) in [5.74, 6) is -0.0415. The van der Waals surface area contributed by atoms with Crippen LogP contribution in [0.5, 0.6) is 5.75 Å². The Bertz CT molecular complexity index is 955. The van der Waals surface area contributed by atoms with Gasteiger partial charge in [0.15, 0.2) is 0 Å². The summed E-state index contributed by atoms with van der Waals surface area (Å²) < 4.78 is 11.3. The molecule has 0 radical (unpaired) electrons. The second-order valence-electron chi connectivity index (χ2n) is 5.87. The van der Waals surface area contributed by atoms with Crippen LogP contribution in [0.4, 0.5) is 5.69 Å². The third-order valence-corrected chi connectivity index (χ3v) is 4.27. The maximum Gasteiger partial charge on any atom is 0.204 e. The zero-order valence-corrected chi connectivity index (χ0v) is 12.8. The predicted octanol–water partition coefficient (Wildman–Crippen LogP) is 2.80. The molecule has 0 amide bonds. The summed E-state index contributed by atoms with van der Waals surface area (Å²) >= 11 is 0. The molecule has 0 bridgehead atoms. The summed E-state index contributed by atoms with van der Waals surface area (Å²) in [4.78, 5) is 14.8. The number of morpholine rings is 1. The van der Waals surface area contributed by atoms with E-state index in [-0.39, 0.29) is 16.6 Å². The molecule has 1 saturated heterocycles. The predicted molar refractivity (Wildman–Crippen MR) is 89.4 cm³/mol. The number of phenolic OH excluding ortho intramolecular Hbond substituents is 1. The van der Waals surface area contributed by atoms with E-state index in [0.29, 0.717) is 29.8 Å². The van der Waals surface area contributed by atoms with Gasteiger partial charge in [-0.25, -0.2) is 0 Å². The number of hydrogen-bond donors (Lipinski definition) is 1. The maximum absolute atomic E-state index is 12.7. The van der Waals surface area contributed by atoms with Crippen LogP contribution in [0.3, 0.4) is 0 Å². The molecule has 23 heavy (non-hydrogen) atoms. The van der Waals surface area contributed by atoms with Gasteiger partial charge in [0.2, 0.25) is 5.43 Å². The van der Waals surface area contributed by atoms with Crippen molar-refractivity contribution in [2.45, 2.75) is 6.92 Å². The normalized spacial score (nSPS) is 15.4. The van der Waals surface area contributed by atoms with Crippen LogP contribution in [0.25, 0.3) is 21.9 Å². The molecule has 0 spiro atoms. The molecule has 5 heteroatoms. The van der Waals surface area contributed by atoms with E-state index in [4.69, 9.17) is 9.15 Å². The van der Waals surface area contributed by atoms with E-state index in [1.807, 2.05) is 25.1 Å². The lowest BCUT2D eigenvalue weighted by atomic mass is 10.1. The number of hydrogen-bond acceptors (Lipinski definition) is 5. The number of ether oxygens (including phenoxy) is 1. The molecular weight excluding hydrogens is 294 g/mol. The molecule has 0 saturated carbocycles. The highest BCUT2D eigenvalue weighted by Gasteiger charge is 2.17. The molecule has 2 aromatic carbocycles. The van der Waals surface area contributed by atoms with Gasteiger partial charge in [0, 0.05) is 30.9 Å². The number of fused-ring (bicyclic) bond motifs is 2. The van der Waals surface area contributed by atoms with E-state index in [1.54, 1.807) is 12.1 Å². The Morgan fingerprint density at radius 2 is 1.87 bits per heavy atom. The zero-order chi connectivity index (χ0) is 16.0.